The van der Waals surface area contributed by atoms with Gasteiger partial charge in [-0.25, -0.2) is 0 Å². The van der Waals surface area contributed by atoms with Gasteiger partial charge < -0.3 is 10.0 Å². The Morgan fingerprint density at radius 3 is 1.22 bits per heavy atom. The van der Waals surface area contributed by atoms with Crippen LogP contribution in [0.5, 0.6) is 0 Å². The highest BCUT2D eigenvalue weighted by Crippen LogP contribution is 2.28. The molecule has 178 valence electrons. The van der Waals surface area contributed by atoms with Crippen LogP contribution >= 0.6 is 0 Å². The zero-order chi connectivity index (χ0) is 25.5. The van der Waals surface area contributed by atoms with Gasteiger partial charge in [-0.15, -0.1) is 0 Å². The number of hydrogen-bond donors (Lipinski definition) is 2. The van der Waals surface area contributed by atoms with Gasteiger partial charge in [0.1, 0.15) is 0 Å². The van der Waals surface area contributed by atoms with Crippen molar-refractivity contribution in [2.24, 2.45) is 0 Å². The van der Waals surface area contributed by atoms with Crippen molar-refractivity contribution in [3.63, 3.8) is 0 Å². The van der Waals surface area contributed by atoms with Gasteiger partial charge in [-0.05, 0) is 68.2 Å². The van der Waals surface area contributed by atoms with Gasteiger partial charge in [0, 0.05) is 0 Å². The fourth-order valence-electron chi connectivity index (χ4n) is 4.50. The van der Waals surface area contributed by atoms with Gasteiger partial charge in [0.05, 0.1) is 0 Å². The SMILES string of the molecule is OB(O)c1ccc(C=C(c2ccccc2)c2ccccc2)cc1C=C(c1ccccc1)c1ccccc1. The van der Waals surface area contributed by atoms with Crippen LogP contribution < -0.4 is 5.46 Å². The van der Waals surface area contributed by atoms with Crippen LogP contribution in [0, 0.1) is 0 Å². The molecule has 0 saturated heterocycles. The molecule has 5 rings (SSSR count). The van der Waals surface area contributed by atoms with E-state index in [1.807, 2.05) is 91.0 Å². The lowest BCUT2D eigenvalue weighted by atomic mass is 9.75. The molecule has 0 atom stereocenters. The average Bonchev–Trinajstić information content (AvgIpc) is 2.96. The molecule has 2 nitrogen and oxygen atoms in total. The highest BCUT2D eigenvalue weighted by Gasteiger charge is 2.17. The summed E-state index contributed by atoms with van der Waals surface area (Å²) in [6, 6.07) is 46.7. The second kappa shape index (κ2) is 11.5. The van der Waals surface area contributed by atoms with Crippen LogP contribution in [0.25, 0.3) is 23.3 Å². The van der Waals surface area contributed by atoms with E-state index in [1.54, 1.807) is 6.07 Å². The van der Waals surface area contributed by atoms with Crippen molar-refractivity contribution in [2.75, 3.05) is 0 Å². The summed E-state index contributed by atoms with van der Waals surface area (Å²) >= 11 is 0. The normalized spacial score (nSPS) is 10.4. The second-order valence-electron chi connectivity index (χ2n) is 8.84. The van der Waals surface area contributed by atoms with E-state index in [9.17, 15) is 10.0 Å². The Balaban J connectivity index is 1.68. The number of hydrogen-bond acceptors (Lipinski definition) is 2. The van der Waals surface area contributed by atoms with Crippen LogP contribution in [0.15, 0.2) is 140 Å². The predicted molar refractivity (Wildman–Crippen MR) is 156 cm³/mol. The first-order valence-electron chi connectivity index (χ1n) is 12.3. The van der Waals surface area contributed by atoms with Crippen LogP contribution in [-0.2, 0) is 0 Å². The molecule has 0 aliphatic rings. The summed E-state index contributed by atoms with van der Waals surface area (Å²) in [6.07, 6.45) is 4.20. The maximum atomic E-state index is 10.2. The molecule has 5 aromatic carbocycles. The van der Waals surface area contributed by atoms with E-state index >= 15 is 0 Å². The summed E-state index contributed by atoms with van der Waals surface area (Å²) < 4.78 is 0. The number of rotatable bonds is 7. The van der Waals surface area contributed by atoms with E-state index in [0.29, 0.717) is 5.46 Å². The Bertz CT molecular complexity index is 1430. The topological polar surface area (TPSA) is 40.5 Å². The third kappa shape index (κ3) is 5.87. The molecule has 0 unspecified atom stereocenters. The molecule has 0 aliphatic carbocycles. The van der Waals surface area contributed by atoms with Crippen molar-refractivity contribution in [1.82, 2.24) is 0 Å². The highest BCUT2D eigenvalue weighted by atomic mass is 16.4. The Kier molecular flexibility index (Phi) is 7.56. The second-order valence-corrected chi connectivity index (χ2v) is 8.84. The van der Waals surface area contributed by atoms with Crippen molar-refractivity contribution in [1.29, 1.82) is 0 Å². The van der Waals surface area contributed by atoms with Crippen LogP contribution in [0.1, 0.15) is 33.4 Å². The maximum absolute atomic E-state index is 10.2. The first-order valence-corrected chi connectivity index (χ1v) is 12.3. The van der Waals surface area contributed by atoms with Gasteiger partial charge in [-0.3, -0.25) is 0 Å². The summed E-state index contributed by atoms with van der Waals surface area (Å²) in [5.74, 6) is 0. The maximum Gasteiger partial charge on any atom is 0.489 e. The molecule has 0 bridgehead atoms. The van der Waals surface area contributed by atoms with E-state index in [4.69, 9.17) is 0 Å². The predicted octanol–water partition coefficient (Wildman–Crippen LogP) is 6.54. The third-order valence-corrected chi connectivity index (χ3v) is 6.34. The molecule has 2 N–H and O–H groups in total. The fraction of sp³-hybridized carbons (Fsp3) is 0. The molecule has 0 amide bonds. The minimum atomic E-state index is -1.58. The lowest BCUT2D eigenvalue weighted by molar-refractivity contribution is 0.425. The third-order valence-electron chi connectivity index (χ3n) is 6.34. The average molecular weight is 478 g/mol. The smallest absolute Gasteiger partial charge is 0.423 e. The minimum absolute atomic E-state index is 0.461. The standard InChI is InChI=1S/C34H27BO2/c36-35(37)34-22-21-26(24-32(27-13-5-1-6-14-27)28-15-7-2-8-16-28)23-31(34)25-33(29-17-9-3-10-18-29)30-19-11-4-12-20-30/h1-25,36-37H. The van der Waals surface area contributed by atoms with E-state index < -0.39 is 7.12 Å². The Morgan fingerprint density at radius 1 is 0.459 bits per heavy atom. The molecule has 0 saturated carbocycles. The van der Waals surface area contributed by atoms with E-state index in [0.717, 1.165) is 44.5 Å². The molecule has 3 heteroatoms. The highest BCUT2D eigenvalue weighted by molar-refractivity contribution is 6.59. The minimum Gasteiger partial charge on any atom is -0.423 e. The monoisotopic (exact) mass is 478 g/mol. The summed E-state index contributed by atoms with van der Waals surface area (Å²) in [4.78, 5) is 0. The van der Waals surface area contributed by atoms with Crippen molar-refractivity contribution in [3.05, 3.63) is 173 Å². The molecule has 0 heterocycles. The van der Waals surface area contributed by atoms with Gasteiger partial charge >= 0.3 is 7.12 Å². The van der Waals surface area contributed by atoms with Crippen LogP contribution in [0.2, 0.25) is 0 Å². The van der Waals surface area contributed by atoms with Gasteiger partial charge in [0.2, 0.25) is 0 Å². The number of benzene rings is 5. The molecular weight excluding hydrogens is 451 g/mol. The summed E-state index contributed by atoms with van der Waals surface area (Å²) in [7, 11) is -1.58. The molecule has 0 fully saturated rings. The summed E-state index contributed by atoms with van der Waals surface area (Å²) in [5.41, 5.74) is 8.64. The van der Waals surface area contributed by atoms with Gasteiger partial charge in [0.15, 0.2) is 0 Å². The largest absolute Gasteiger partial charge is 0.489 e. The molecular formula is C34H27BO2. The van der Waals surface area contributed by atoms with Crippen molar-refractivity contribution in [3.8, 4) is 0 Å². The van der Waals surface area contributed by atoms with Crippen molar-refractivity contribution < 1.29 is 10.0 Å². The first-order chi connectivity index (χ1) is 18.2. The summed E-state index contributed by atoms with van der Waals surface area (Å²) in [6.45, 7) is 0. The Morgan fingerprint density at radius 2 is 0.838 bits per heavy atom. The molecule has 5 aromatic rings. The lowest BCUT2D eigenvalue weighted by Crippen LogP contribution is -2.32. The van der Waals surface area contributed by atoms with Crippen molar-refractivity contribution >= 4 is 35.9 Å². The zero-order valence-electron chi connectivity index (χ0n) is 20.4. The first kappa shape index (κ1) is 24.3. The van der Waals surface area contributed by atoms with Gasteiger partial charge in [0.25, 0.3) is 0 Å². The fourth-order valence-corrected chi connectivity index (χ4v) is 4.50. The zero-order valence-corrected chi connectivity index (χ0v) is 20.4. The lowest BCUT2D eigenvalue weighted by Gasteiger charge is -2.13. The van der Waals surface area contributed by atoms with Crippen LogP contribution in [-0.4, -0.2) is 17.2 Å². The van der Waals surface area contributed by atoms with Crippen LogP contribution in [0.3, 0.4) is 0 Å². The van der Waals surface area contributed by atoms with Crippen molar-refractivity contribution in [2.45, 2.75) is 0 Å². The van der Waals surface area contributed by atoms with Gasteiger partial charge in [-0.1, -0.05) is 133 Å². The van der Waals surface area contributed by atoms with Gasteiger partial charge in [-0.2, -0.15) is 0 Å². The molecule has 37 heavy (non-hydrogen) atoms. The Hall–Kier alpha value is -4.44. The molecule has 0 radical (unpaired) electrons. The molecule has 0 aromatic heterocycles. The molecule has 0 spiro atoms. The van der Waals surface area contributed by atoms with E-state index in [-0.39, 0.29) is 0 Å². The summed E-state index contributed by atoms with van der Waals surface area (Å²) in [5, 5.41) is 20.4. The Labute approximate surface area is 218 Å². The van der Waals surface area contributed by atoms with E-state index in [1.165, 1.54) is 0 Å². The van der Waals surface area contributed by atoms with Crippen LogP contribution in [0.4, 0.5) is 0 Å². The van der Waals surface area contributed by atoms with E-state index in [2.05, 4.69) is 54.6 Å². The quantitative estimate of drug-likeness (QED) is 0.206. The molecule has 0 aliphatic heterocycles.